The van der Waals surface area contributed by atoms with Crippen LogP contribution in [0.3, 0.4) is 0 Å². The van der Waals surface area contributed by atoms with Crippen molar-refractivity contribution < 1.29 is 19.4 Å². The maximum absolute atomic E-state index is 11.4. The van der Waals surface area contributed by atoms with Crippen molar-refractivity contribution in [1.29, 1.82) is 0 Å². The molecule has 0 aromatic rings. The Labute approximate surface area is 110 Å². The molecule has 5 heteroatoms. The Morgan fingerprint density at radius 1 is 1.06 bits per heavy atom. The lowest BCUT2D eigenvalue weighted by Crippen LogP contribution is -2.50. The predicted octanol–water partition coefficient (Wildman–Crippen LogP) is 3.04. The van der Waals surface area contributed by atoms with E-state index < -0.39 is 29.1 Å². The standard InChI is InChI=1S/C11H21NO4.C2H6/c1-10(2,3)7(8(13)14)12-9(15)16-11(4,5)6;1-2/h7H,1-6H3,(H,12,15)(H,13,14);1-2H3. The number of hydrogen-bond donors (Lipinski definition) is 2. The van der Waals surface area contributed by atoms with Crippen LogP contribution in [0.25, 0.3) is 0 Å². The van der Waals surface area contributed by atoms with Gasteiger partial charge in [0.25, 0.3) is 0 Å². The summed E-state index contributed by atoms with van der Waals surface area (Å²) in [4.78, 5) is 22.4. The Morgan fingerprint density at radius 2 is 1.44 bits per heavy atom. The topological polar surface area (TPSA) is 75.6 Å². The molecule has 0 saturated heterocycles. The van der Waals surface area contributed by atoms with Crippen molar-refractivity contribution in [2.45, 2.75) is 67.0 Å². The minimum atomic E-state index is -1.07. The predicted molar refractivity (Wildman–Crippen MR) is 71.6 cm³/mol. The number of carbonyl (C=O) groups excluding carboxylic acids is 1. The molecule has 0 radical (unpaired) electrons. The molecule has 0 spiro atoms. The molecule has 0 rings (SSSR count). The summed E-state index contributed by atoms with van der Waals surface area (Å²) in [7, 11) is 0. The summed E-state index contributed by atoms with van der Waals surface area (Å²) in [6, 6.07) is -0.970. The molecule has 18 heavy (non-hydrogen) atoms. The van der Waals surface area contributed by atoms with E-state index >= 15 is 0 Å². The molecule has 108 valence electrons. The monoisotopic (exact) mass is 261 g/mol. The van der Waals surface area contributed by atoms with Crippen LogP contribution in [0.5, 0.6) is 0 Å². The molecule has 0 fully saturated rings. The molecule has 2 N–H and O–H groups in total. The Bertz CT molecular complexity index is 274. The lowest BCUT2D eigenvalue weighted by Gasteiger charge is -2.29. The molecular formula is C13H27NO4. The first-order valence-corrected chi connectivity index (χ1v) is 6.16. The van der Waals surface area contributed by atoms with Crippen molar-refractivity contribution in [3.8, 4) is 0 Å². The van der Waals surface area contributed by atoms with Gasteiger partial charge in [-0.1, -0.05) is 34.6 Å². The van der Waals surface area contributed by atoms with Gasteiger partial charge < -0.3 is 15.2 Å². The Balaban J connectivity index is 0. The smallest absolute Gasteiger partial charge is 0.408 e. The second-order valence-corrected chi connectivity index (χ2v) is 5.78. The van der Waals surface area contributed by atoms with Crippen molar-refractivity contribution in [2.24, 2.45) is 5.41 Å². The summed E-state index contributed by atoms with van der Waals surface area (Å²) in [5.74, 6) is -1.07. The first-order chi connectivity index (χ1) is 7.93. The fraction of sp³-hybridized carbons (Fsp3) is 0.846. The molecule has 1 amide bonds. The van der Waals surface area contributed by atoms with Gasteiger partial charge in [-0.05, 0) is 26.2 Å². The van der Waals surface area contributed by atoms with Crippen LogP contribution in [0.4, 0.5) is 4.79 Å². The van der Waals surface area contributed by atoms with Crippen molar-refractivity contribution in [3.63, 3.8) is 0 Å². The van der Waals surface area contributed by atoms with E-state index in [1.807, 2.05) is 13.8 Å². The van der Waals surface area contributed by atoms with Gasteiger partial charge in [0.15, 0.2) is 0 Å². The fourth-order valence-corrected chi connectivity index (χ4v) is 1.07. The van der Waals surface area contributed by atoms with Crippen molar-refractivity contribution in [2.75, 3.05) is 0 Å². The number of nitrogens with one attached hydrogen (secondary N) is 1. The minimum Gasteiger partial charge on any atom is -0.480 e. The van der Waals surface area contributed by atoms with E-state index in [4.69, 9.17) is 9.84 Å². The molecule has 0 aromatic heterocycles. The molecule has 5 nitrogen and oxygen atoms in total. The van der Waals surface area contributed by atoms with Crippen LogP contribution in [0, 0.1) is 5.41 Å². The number of hydrogen-bond acceptors (Lipinski definition) is 3. The normalized spacial score (nSPS) is 12.9. The number of carboxylic acids is 1. The Morgan fingerprint density at radius 3 is 1.67 bits per heavy atom. The number of carbonyl (C=O) groups is 2. The zero-order valence-electron chi connectivity index (χ0n) is 12.7. The SMILES string of the molecule is CC.CC(C)(C)OC(=O)NC(C(=O)O)C(C)(C)C. The van der Waals surface area contributed by atoms with E-state index in [1.165, 1.54) is 0 Å². The molecule has 0 heterocycles. The highest BCUT2D eigenvalue weighted by Gasteiger charge is 2.33. The van der Waals surface area contributed by atoms with Crippen molar-refractivity contribution in [1.82, 2.24) is 5.32 Å². The van der Waals surface area contributed by atoms with Crippen LogP contribution in [0.1, 0.15) is 55.4 Å². The molecule has 0 aromatic carbocycles. The molecule has 0 saturated carbocycles. The highest BCUT2D eigenvalue weighted by Crippen LogP contribution is 2.20. The summed E-state index contributed by atoms with van der Waals surface area (Å²) >= 11 is 0. The number of alkyl carbamates (subject to hydrolysis) is 1. The Kier molecular flexibility index (Phi) is 7.67. The van der Waals surface area contributed by atoms with Crippen LogP contribution in [0.2, 0.25) is 0 Å². The summed E-state index contributed by atoms with van der Waals surface area (Å²) in [6.07, 6.45) is -0.713. The van der Waals surface area contributed by atoms with Gasteiger partial charge in [0.1, 0.15) is 11.6 Å². The quantitative estimate of drug-likeness (QED) is 0.801. The van der Waals surface area contributed by atoms with Gasteiger partial charge in [-0.25, -0.2) is 9.59 Å². The molecule has 0 bridgehead atoms. The molecule has 0 aliphatic carbocycles. The van der Waals surface area contributed by atoms with E-state index in [0.29, 0.717) is 0 Å². The average molecular weight is 261 g/mol. The second kappa shape index (κ2) is 7.24. The van der Waals surface area contributed by atoms with E-state index in [1.54, 1.807) is 41.5 Å². The van der Waals surface area contributed by atoms with Gasteiger partial charge in [-0.15, -0.1) is 0 Å². The van der Waals surface area contributed by atoms with Crippen LogP contribution < -0.4 is 5.32 Å². The van der Waals surface area contributed by atoms with Crippen LogP contribution in [-0.4, -0.2) is 28.8 Å². The second-order valence-electron chi connectivity index (χ2n) is 5.78. The summed E-state index contributed by atoms with van der Waals surface area (Å²) in [5, 5.41) is 11.3. The summed E-state index contributed by atoms with van der Waals surface area (Å²) < 4.78 is 5.00. The minimum absolute atomic E-state index is 0.567. The van der Waals surface area contributed by atoms with E-state index in [2.05, 4.69) is 5.32 Å². The third-order valence-corrected chi connectivity index (χ3v) is 1.77. The third-order valence-electron chi connectivity index (χ3n) is 1.77. The molecule has 0 aliphatic rings. The lowest BCUT2D eigenvalue weighted by atomic mass is 9.87. The first-order valence-electron chi connectivity index (χ1n) is 6.16. The van der Waals surface area contributed by atoms with Gasteiger partial charge in [-0.2, -0.15) is 0 Å². The number of amides is 1. The van der Waals surface area contributed by atoms with Crippen LogP contribution in [-0.2, 0) is 9.53 Å². The zero-order chi connectivity index (χ0) is 15.1. The Hall–Kier alpha value is -1.26. The van der Waals surface area contributed by atoms with Crippen molar-refractivity contribution in [3.05, 3.63) is 0 Å². The molecule has 1 unspecified atom stereocenters. The molecular weight excluding hydrogens is 234 g/mol. The fourth-order valence-electron chi connectivity index (χ4n) is 1.07. The van der Waals surface area contributed by atoms with Gasteiger partial charge in [0, 0.05) is 0 Å². The largest absolute Gasteiger partial charge is 0.480 e. The maximum atomic E-state index is 11.4. The van der Waals surface area contributed by atoms with E-state index in [0.717, 1.165) is 0 Å². The summed E-state index contributed by atoms with van der Waals surface area (Å²) in [6.45, 7) is 14.4. The van der Waals surface area contributed by atoms with E-state index in [9.17, 15) is 9.59 Å². The van der Waals surface area contributed by atoms with Crippen LogP contribution in [0.15, 0.2) is 0 Å². The van der Waals surface area contributed by atoms with Crippen molar-refractivity contribution >= 4 is 12.1 Å². The van der Waals surface area contributed by atoms with Gasteiger partial charge in [-0.3, -0.25) is 0 Å². The molecule has 1 atom stereocenters. The number of rotatable bonds is 2. The zero-order valence-corrected chi connectivity index (χ0v) is 12.7. The van der Waals surface area contributed by atoms with Crippen LogP contribution >= 0.6 is 0 Å². The first kappa shape index (κ1) is 19.1. The molecule has 0 aliphatic heterocycles. The number of aliphatic carboxylic acids is 1. The van der Waals surface area contributed by atoms with E-state index in [-0.39, 0.29) is 0 Å². The average Bonchev–Trinajstić information content (AvgIpc) is 2.12. The van der Waals surface area contributed by atoms with Gasteiger partial charge >= 0.3 is 12.1 Å². The maximum Gasteiger partial charge on any atom is 0.408 e. The summed E-state index contributed by atoms with van der Waals surface area (Å²) in [5.41, 5.74) is -1.20. The van der Waals surface area contributed by atoms with Gasteiger partial charge in [0.2, 0.25) is 0 Å². The highest BCUT2D eigenvalue weighted by atomic mass is 16.6. The highest BCUT2D eigenvalue weighted by molar-refractivity contribution is 5.80. The third kappa shape index (κ3) is 8.84. The van der Waals surface area contributed by atoms with Gasteiger partial charge in [0.05, 0.1) is 0 Å². The lowest BCUT2D eigenvalue weighted by molar-refractivity contribution is -0.142. The number of ether oxygens (including phenoxy) is 1. The number of carboxylic acid groups (broad SMARTS) is 1.